The van der Waals surface area contributed by atoms with Gasteiger partial charge < -0.3 is 15.0 Å². The first-order chi connectivity index (χ1) is 10.3. The summed E-state index contributed by atoms with van der Waals surface area (Å²) in [5, 5.41) is 3.96. The molecule has 0 bridgehead atoms. The van der Waals surface area contributed by atoms with Crippen LogP contribution in [0.25, 0.3) is 0 Å². The molecule has 0 aromatic heterocycles. The van der Waals surface area contributed by atoms with Crippen LogP contribution in [0.1, 0.15) is 58.3 Å². The number of hydrogen-bond acceptors (Lipinski definition) is 3. The summed E-state index contributed by atoms with van der Waals surface area (Å²) in [7, 11) is 0. The van der Waals surface area contributed by atoms with Crippen LogP contribution in [0.2, 0.25) is 0 Å². The van der Waals surface area contributed by atoms with Crippen LogP contribution in [0.15, 0.2) is 0 Å². The Bertz CT molecular complexity index is 362. The Morgan fingerprint density at radius 3 is 2.71 bits per heavy atom. The van der Waals surface area contributed by atoms with E-state index in [2.05, 4.69) is 17.1 Å². The van der Waals surface area contributed by atoms with E-state index < -0.39 is 0 Å². The third-order valence-electron chi connectivity index (χ3n) is 6.72. The number of nitrogens with one attached hydrogen (secondary N) is 1. The number of rotatable bonds is 6. The first-order valence-electron chi connectivity index (χ1n) is 9.41. The lowest BCUT2D eigenvalue weighted by Crippen LogP contribution is -2.63. The van der Waals surface area contributed by atoms with Crippen molar-refractivity contribution in [3.05, 3.63) is 0 Å². The number of likely N-dealkylation sites (tertiary alicyclic amines) is 1. The molecule has 1 spiro atoms. The summed E-state index contributed by atoms with van der Waals surface area (Å²) in [5.41, 5.74) is 0.505. The third kappa shape index (κ3) is 2.66. The van der Waals surface area contributed by atoms with Gasteiger partial charge in [0.1, 0.15) is 0 Å². The van der Waals surface area contributed by atoms with Crippen LogP contribution in [0.4, 0.5) is 0 Å². The minimum absolute atomic E-state index is 0.505. The monoisotopic (exact) mass is 292 g/mol. The summed E-state index contributed by atoms with van der Waals surface area (Å²) in [4.78, 5) is 2.74. The Balaban J connectivity index is 1.27. The summed E-state index contributed by atoms with van der Waals surface area (Å²) in [6.07, 6.45) is 11.8. The number of nitrogens with zero attached hydrogens (tertiary/aromatic N) is 1. The maximum atomic E-state index is 6.03. The SMILES string of the molecule is CCOC1CC(NCC2CCN(C3CC3)C2)C12CCCC2. The van der Waals surface area contributed by atoms with E-state index in [-0.39, 0.29) is 0 Å². The average molecular weight is 292 g/mol. The molecule has 4 aliphatic rings. The van der Waals surface area contributed by atoms with Crippen LogP contribution in [0.5, 0.6) is 0 Å². The van der Waals surface area contributed by atoms with Crippen molar-refractivity contribution in [1.29, 1.82) is 0 Å². The predicted molar refractivity (Wildman–Crippen MR) is 85.4 cm³/mol. The maximum Gasteiger partial charge on any atom is 0.0661 e. The van der Waals surface area contributed by atoms with E-state index >= 15 is 0 Å². The summed E-state index contributed by atoms with van der Waals surface area (Å²) >= 11 is 0. The van der Waals surface area contributed by atoms with Crippen LogP contribution in [0.3, 0.4) is 0 Å². The van der Waals surface area contributed by atoms with E-state index in [4.69, 9.17) is 4.74 Å². The van der Waals surface area contributed by atoms with Crippen molar-refractivity contribution in [2.45, 2.75) is 76.5 Å². The lowest BCUT2D eigenvalue weighted by molar-refractivity contribution is -0.130. The molecule has 3 aliphatic carbocycles. The van der Waals surface area contributed by atoms with Gasteiger partial charge in [0.2, 0.25) is 0 Å². The molecule has 1 saturated heterocycles. The lowest BCUT2D eigenvalue weighted by Gasteiger charge is -2.54. The van der Waals surface area contributed by atoms with E-state index in [0.29, 0.717) is 11.5 Å². The van der Waals surface area contributed by atoms with Crippen LogP contribution < -0.4 is 5.32 Å². The van der Waals surface area contributed by atoms with Gasteiger partial charge in [-0.15, -0.1) is 0 Å². The predicted octanol–water partition coefficient (Wildman–Crippen LogP) is 2.80. The molecule has 0 amide bonds. The second-order valence-electron chi connectivity index (χ2n) is 7.96. The molecule has 3 atom stereocenters. The smallest absolute Gasteiger partial charge is 0.0661 e. The van der Waals surface area contributed by atoms with Gasteiger partial charge in [0.05, 0.1) is 6.10 Å². The molecule has 3 unspecified atom stereocenters. The zero-order valence-corrected chi connectivity index (χ0v) is 13.7. The molecular weight excluding hydrogens is 260 g/mol. The molecule has 1 N–H and O–H groups in total. The van der Waals surface area contributed by atoms with Gasteiger partial charge in [-0.25, -0.2) is 0 Å². The van der Waals surface area contributed by atoms with E-state index in [1.807, 2.05) is 0 Å². The van der Waals surface area contributed by atoms with Gasteiger partial charge in [0, 0.05) is 30.7 Å². The van der Waals surface area contributed by atoms with Crippen molar-refractivity contribution in [3.8, 4) is 0 Å². The van der Waals surface area contributed by atoms with Crippen molar-refractivity contribution < 1.29 is 4.74 Å². The highest BCUT2D eigenvalue weighted by Crippen LogP contribution is 2.54. The maximum absolute atomic E-state index is 6.03. The minimum atomic E-state index is 0.505. The van der Waals surface area contributed by atoms with E-state index in [9.17, 15) is 0 Å². The second-order valence-corrected chi connectivity index (χ2v) is 7.96. The molecule has 4 rings (SSSR count). The molecule has 1 aliphatic heterocycles. The van der Waals surface area contributed by atoms with Crippen LogP contribution in [0, 0.1) is 11.3 Å². The second kappa shape index (κ2) is 5.82. The van der Waals surface area contributed by atoms with Gasteiger partial charge in [-0.2, -0.15) is 0 Å². The van der Waals surface area contributed by atoms with E-state index in [0.717, 1.165) is 24.6 Å². The summed E-state index contributed by atoms with van der Waals surface area (Å²) in [5.74, 6) is 0.898. The number of hydrogen-bond donors (Lipinski definition) is 1. The first kappa shape index (κ1) is 14.5. The summed E-state index contributed by atoms with van der Waals surface area (Å²) < 4.78 is 6.03. The van der Waals surface area contributed by atoms with Gasteiger partial charge in [-0.1, -0.05) is 12.8 Å². The highest BCUT2D eigenvalue weighted by molar-refractivity contribution is 5.10. The fourth-order valence-corrected chi connectivity index (χ4v) is 5.28. The lowest BCUT2D eigenvalue weighted by atomic mass is 9.60. The van der Waals surface area contributed by atoms with Gasteiger partial charge in [-0.05, 0) is 64.5 Å². The average Bonchev–Trinajstić information content (AvgIpc) is 3.03. The Hall–Kier alpha value is -0.120. The van der Waals surface area contributed by atoms with Crippen molar-refractivity contribution in [2.75, 3.05) is 26.2 Å². The fourth-order valence-electron chi connectivity index (χ4n) is 5.28. The topological polar surface area (TPSA) is 24.5 Å². The Kier molecular flexibility index (Phi) is 4.01. The molecular formula is C18H32N2O. The molecule has 0 aromatic rings. The van der Waals surface area contributed by atoms with Crippen LogP contribution >= 0.6 is 0 Å². The van der Waals surface area contributed by atoms with Crippen molar-refractivity contribution in [2.24, 2.45) is 11.3 Å². The molecule has 21 heavy (non-hydrogen) atoms. The first-order valence-corrected chi connectivity index (χ1v) is 9.41. The third-order valence-corrected chi connectivity index (χ3v) is 6.72. The minimum Gasteiger partial charge on any atom is -0.378 e. The molecule has 3 saturated carbocycles. The van der Waals surface area contributed by atoms with Crippen molar-refractivity contribution >= 4 is 0 Å². The van der Waals surface area contributed by atoms with E-state index in [1.165, 1.54) is 71.0 Å². The van der Waals surface area contributed by atoms with Crippen molar-refractivity contribution in [3.63, 3.8) is 0 Å². The molecule has 1 heterocycles. The Labute approximate surface area is 129 Å². The fraction of sp³-hybridized carbons (Fsp3) is 1.00. The van der Waals surface area contributed by atoms with E-state index in [1.54, 1.807) is 0 Å². The molecule has 3 nitrogen and oxygen atoms in total. The molecule has 3 heteroatoms. The van der Waals surface area contributed by atoms with Crippen LogP contribution in [-0.4, -0.2) is 49.3 Å². The Morgan fingerprint density at radius 1 is 1.19 bits per heavy atom. The number of ether oxygens (including phenoxy) is 1. The van der Waals surface area contributed by atoms with Gasteiger partial charge >= 0.3 is 0 Å². The molecule has 0 radical (unpaired) electrons. The standard InChI is InChI=1S/C18H32N2O/c1-2-21-17-11-16(18(17)8-3-4-9-18)19-12-14-7-10-20(13-14)15-5-6-15/h14-17,19H,2-13H2,1H3. The van der Waals surface area contributed by atoms with Gasteiger partial charge in [-0.3, -0.25) is 0 Å². The van der Waals surface area contributed by atoms with Gasteiger partial charge in [0.25, 0.3) is 0 Å². The zero-order chi connectivity index (χ0) is 14.3. The van der Waals surface area contributed by atoms with Crippen molar-refractivity contribution in [1.82, 2.24) is 10.2 Å². The summed E-state index contributed by atoms with van der Waals surface area (Å²) in [6, 6.07) is 1.70. The Morgan fingerprint density at radius 2 is 2.00 bits per heavy atom. The zero-order valence-electron chi connectivity index (χ0n) is 13.7. The van der Waals surface area contributed by atoms with Gasteiger partial charge in [0.15, 0.2) is 0 Å². The highest BCUT2D eigenvalue weighted by Gasteiger charge is 2.56. The highest BCUT2D eigenvalue weighted by atomic mass is 16.5. The summed E-state index contributed by atoms with van der Waals surface area (Å²) in [6.45, 7) is 6.99. The molecule has 4 fully saturated rings. The van der Waals surface area contributed by atoms with Crippen LogP contribution in [-0.2, 0) is 4.74 Å². The normalized spacial score (nSPS) is 39.0. The quantitative estimate of drug-likeness (QED) is 0.815. The largest absolute Gasteiger partial charge is 0.378 e. The molecule has 0 aromatic carbocycles. The molecule has 120 valence electrons.